The van der Waals surface area contributed by atoms with Crippen LogP contribution in [0.2, 0.25) is 0 Å². The van der Waals surface area contributed by atoms with Crippen molar-refractivity contribution in [2.24, 2.45) is 7.05 Å². The van der Waals surface area contributed by atoms with Crippen LogP contribution < -0.4 is 5.32 Å². The molecule has 1 aromatic rings. The van der Waals surface area contributed by atoms with Gasteiger partial charge in [0.25, 0.3) is 5.91 Å². The summed E-state index contributed by atoms with van der Waals surface area (Å²) in [5.74, 6) is -0.351. The summed E-state index contributed by atoms with van der Waals surface area (Å²) >= 11 is 0. The topological polar surface area (TPSA) is 91.6 Å². The second-order valence-corrected chi connectivity index (χ2v) is 6.74. The number of aryl methyl sites for hydroxylation is 1. The maximum Gasteiger partial charge on any atom is 0.267 e. The van der Waals surface area contributed by atoms with E-state index in [0.29, 0.717) is 6.42 Å². The van der Waals surface area contributed by atoms with E-state index in [2.05, 4.69) is 5.32 Å². The van der Waals surface area contributed by atoms with Gasteiger partial charge in [-0.15, -0.1) is 0 Å². The summed E-state index contributed by atoms with van der Waals surface area (Å²) in [5.41, 5.74) is 0.268. The lowest BCUT2D eigenvalue weighted by Crippen LogP contribution is -2.40. The van der Waals surface area contributed by atoms with E-state index in [9.17, 15) is 13.2 Å². The number of nitrogens with one attached hydrogen (secondary N) is 1. The molecule has 1 rings (SSSR count). The monoisotopic (exact) mass is 317 g/mol. The van der Waals surface area contributed by atoms with Gasteiger partial charge in [0.05, 0.1) is 6.61 Å². The first-order valence-electron chi connectivity index (χ1n) is 6.80. The van der Waals surface area contributed by atoms with E-state index < -0.39 is 10.0 Å². The van der Waals surface area contributed by atoms with Crippen molar-refractivity contribution in [3.05, 3.63) is 18.0 Å². The van der Waals surface area contributed by atoms with E-state index in [1.165, 1.54) is 28.2 Å². The quantitative estimate of drug-likeness (QED) is 0.750. The minimum absolute atomic E-state index is 0.0293. The van der Waals surface area contributed by atoms with E-state index in [-0.39, 0.29) is 35.7 Å². The van der Waals surface area contributed by atoms with Gasteiger partial charge in [0, 0.05) is 32.9 Å². The van der Waals surface area contributed by atoms with E-state index in [4.69, 9.17) is 5.11 Å². The summed E-state index contributed by atoms with van der Waals surface area (Å²) in [7, 11) is -0.644. The first kappa shape index (κ1) is 17.7. The number of aromatic nitrogens is 1. The highest BCUT2D eigenvalue weighted by Gasteiger charge is 2.29. The molecule has 0 aliphatic heterocycles. The number of carbonyl (C=O) groups excluding carboxylic acids is 1. The molecule has 2 N–H and O–H groups in total. The number of hydrogen-bond donors (Lipinski definition) is 2. The summed E-state index contributed by atoms with van der Waals surface area (Å²) in [6, 6.07) is 1.12. The van der Waals surface area contributed by atoms with Gasteiger partial charge in [0.1, 0.15) is 10.6 Å². The third kappa shape index (κ3) is 3.63. The van der Waals surface area contributed by atoms with Crippen LogP contribution in [-0.4, -0.2) is 54.5 Å². The van der Waals surface area contributed by atoms with Gasteiger partial charge in [-0.1, -0.05) is 6.92 Å². The summed E-state index contributed by atoms with van der Waals surface area (Å²) in [5, 5.41) is 11.6. The third-order valence-corrected chi connectivity index (χ3v) is 5.43. The Morgan fingerprint density at radius 3 is 2.62 bits per heavy atom. The lowest BCUT2D eigenvalue weighted by atomic mass is 10.3. The molecule has 8 heteroatoms. The van der Waals surface area contributed by atoms with Crippen molar-refractivity contribution in [1.29, 1.82) is 0 Å². The van der Waals surface area contributed by atoms with Gasteiger partial charge in [-0.05, 0) is 19.4 Å². The molecule has 1 heterocycles. The lowest BCUT2D eigenvalue weighted by Gasteiger charge is -2.26. The Kier molecular flexibility index (Phi) is 5.94. The molecule has 1 aromatic heterocycles. The van der Waals surface area contributed by atoms with Crippen molar-refractivity contribution in [3.63, 3.8) is 0 Å². The molecule has 1 atom stereocenters. The Labute approximate surface area is 125 Å². The van der Waals surface area contributed by atoms with Crippen molar-refractivity contribution in [2.45, 2.75) is 31.2 Å². The molecule has 0 saturated carbocycles. The molecule has 1 amide bonds. The summed E-state index contributed by atoms with van der Waals surface area (Å²) in [4.78, 5) is 11.7. The van der Waals surface area contributed by atoms with Crippen molar-refractivity contribution < 1.29 is 18.3 Å². The molecule has 7 nitrogen and oxygen atoms in total. The Morgan fingerprint density at radius 1 is 1.52 bits per heavy atom. The Hall–Kier alpha value is -1.38. The SMILES string of the molecule is CC[C@H](C)N(CCO)S(=O)(=O)c1cc(C(=O)NC)n(C)c1. The second kappa shape index (κ2) is 7.06. The van der Waals surface area contributed by atoms with Gasteiger partial charge in [0.2, 0.25) is 10.0 Å². The van der Waals surface area contributed by atoms with Crippen molar-refractivity contribution in [1.82, 2.24) is 14.2 Å². The largest absolute Gasteiger partial charge is 0.395 e. The molecule has 0 aliphatic carbocycles. The minimum atomic E-state index is -3.75. The van der Waals surface area contributed by atoms with Gasteiger partial charge < -0.3 is 15.0 Å². The number of amides is 1. The molecule has 0 fully saturated rings. The first-order valence-corrected chi connectivity index (χ1v) is 8.24. The van der Waals surface area contributed by atoms with Crippen LogP contribution in [0.4, 0.5) is 0 Å². The van der Waals surface area contributed by atoms with Gasteiger partial charge in [-0.2, -0.15) is 4.31 Å². The Balaban J connectivity index is 3.25. The number of aliphatic hydroxyl groups excluding tert-OH is 1. The average molecular weight is 317 g/mol. The van der Waals surface area contributed by atoms with Gasteiger partial charge in [-0.3, -0.25) is 4.79 Å². The summed E-state index contributed by atoms with van der Waals surface area (Å²) < 4.78 is 28.1. The van der Waals surface area contributed by atoms with Crippen LogP contribution in [-0.2, 0) is 17.1 Å². The zero-order valence-electron chi connectivity index (χ0n) is 12.8. The number of rotatable bonds is 7. The smallest absolute Gasteiger partial charge is 0.267 e. The molecule has 120 valence electrons. The number of aliphatic hydroxyl groups is 1. The predicted octanol–water partition coefficient (Wildman–Crippen LogP) is 0.166. The highest BCUT2D eigenvalue weighted by Crippen LogP contribution is 2.21. The second-order valence-electron chi connectivity index (χ2n) is 4.85. The molecular weight excluding hydrogens is 294 g/mol. The normalized spacial score (nSPS) is 13.4. The fourth-order valence-corrected chi connectivity index (χ4v) is 3.81. The maximum atomic E-state index is 12.7. The molecule has 0 unspecified atom stereocenters. The van der Waals surface area contributed by atoms with E-state index in [1.54, 1.807) is 14.0 Å². The van der Waals surface area contributed by atoms with Crippen LogP contribution in [0.15, 0.2) is 17.2 Å². The van der Waals surface area contributed by atoms with Crippen LogP contribution in [0, 0.1) is 0 Å². The fraction of sp³-hybridized carbons (Fsp3) is 0.615. The van der Waals surface area contributed by atoms with E-state index >= 15 is 0 Å². The van der Waals surface area contributed by atoms with Crippen LogP contribution in [0.3, 0.4) is 0 Å². The van der Waals surface area contributed by atoms with Crippen LogP contribution in [0.1, 0.15) is 30.8 Å². The third-order valence-electron chi connectivity index (χ3n) is 3.45. The average Bonchev–Trinajstić information content (AvgIpc) is 2.85. The Morgan fingerprint density at radius 2 is 2.14 bits per heavy atom. The van der Waals surface area contributed by atoms with E-state index in [1.807, 2.05) is 6.92 Å². The fourth-order valence-electron chi connectivity index (χ4n) is 2.04. The number of carbonyl (C=O) groups is 1. The molecule has 0 aliphatic rings. The van der Waals surface area contributed by atoms with Crippen molar-refractivity contribution in [2.75, 3.05) is 20.2 Å². The molecule has 0 bridgehead atoms. The van der Waals surface area contributed by atoms with Crippen LogP contribution in [0.5, 0.6) is 0 Å². The molecular formula is C13H23N3O4S. The van der Waals surface area contributed by atoms with Crippen LogP contribution >= 0.6 is 0 Å². The van der Waals surface area contributed by atoms with Gasteiger partial charge in [0.15, 0.2) is 0 Å². The molecule has 0 saturated heterocycles. The number of nitrogens with zero attached hydrogens (tertiary/aromatic N) is 2. The van der Waals surface area contributed by atoms with Gasteiger partial charge >= 0.3 is 0 Å². The highest BCUT2D eigenvalue weighted by molar-refractivity contribution is 7.89. The molecule has 0 spiro atoms. The number of sulfonamides is 1. The molecule has 0 aromatic carbocycles. The lowest BCUT2D eigenvalue weighted by molar-refractivity contribution is 0.0955. The molecule has 21 heavy (non-hydrogen) atoms. The maximum absolute atomic E-state index is 12.7. The zero-order valence-corrected chi connectivity index (χ0v) is 13.6. The van der Waals surface area contributed by atoms with Crippen LogP contribution in [0.25, 0.3) is 0 Å². The van der Waals surface area contributed by atoms with Crippen molar-refractivity contribution in [3.8, 4) is 0 Å². The summed E-state index contributed by atoms with van der Waals surface area (Å²) in [6.07, 6.45) is 2.04. The standard InChI is InChI=1S/C13H23N3O4S/c1-5-10(2)16(6-7-17)21(19,20)11-8-12(13(18)14-3)15(4)9-11/h8-10,17H,5-7H2,1-4H3,(H,14,18)/t10-/m0/s1. The molecule has 0 radical (unpaired) electrons. The zero-order chi connectivity index (χ0) is 16.2. The van der Waals surface area contributed by atoms with Crippen molar-refractivity contribution >= 4 is 15.9 Å². The first-order chi connectivity index (χ1) is 9.79. The predicted molar refractivity (Wildman–Crippen MR) is 79.5 cm³/mol. The Bertz CT molecular complexity index is 595. The van der Waals surface area contributed by atoms with Gasteiger partial charge in [-0.25, -0.2) is 8.42 Å². The highest BCUT2D eigenvalue weighted by atomic mass is 32.2. The minimum Gasteiger partial charge on any atom is -0.395 e. The number of hydrogen-bond acceptors (Lipinski definition) is 4. The van der Waals surface area contributed by atoms with E-state index in [0.717, 1.165) is 0 Å². The summed E-state index contributed by atoms with van der Waals surface area (Å²) in [6.45, 7) is 3.45.